The molecule has 0 aliphatic heterocycles. The van der Waals surface area contributed by atoms with Gasteiger partial charge in [0.2, 0.25) is 5.91 Å². The largest absolute Gasteiger partial charge is 0.481 e. The Hall–Kier alpha value is -0.710. The third-order valence-corrected chi connectivity index (χ3v) is 6.05. The molecule has 2 aliphatic rings. The predicted molar refractivity (Wildman–Crippen MR) is 80.7 cm³/mol. The Morgan fingerprint density at radius 3 is 2.60 bits per heavy atom. The average Bonchev–Trinajstić information content (AvgIpc) is 3.00. The van der Waals surface area contributed by atoms with E-state index in [4.69, 9.17) is 5.11 Å². The highest BCUT2D eigenvalue weighted by Gasteiger charge is 2.42. The number of carbonyl (C=O) groups excluding carboxylic acids is 1. The second-order valence-electron chi connectivity index (χ2n) is 6.45. The maximum atomic E-state index is 11.9. The van der Waals surface area contributed by atoms with Crippen molar-refractivity contribution in [2.45, 2.75) is 45.6 Å². The summed E-state index contributed by atoms with van der Waals surface area (Å²) in [6.45, 7) is 3.79. The number of hydrogen-bond donors (Lipinski definition) is 2. The summed E-state index contributed by atoms with van der Waals surface area (Å²) in [5.74, 6) is 2.08. The van der Waals surface area contributed by atoms with Crippen molar-refractivity contribution >= 4 is 23.6 Å². The second-order valence-corrected chi connectivity index (χ2v) is 7.48. The number of carboxylic acids is 1. The molecule has 0 aromatic carbocycles. The Balaban J connectivity index is 1.65. The summed E-state index contributed by atoms with van der Waals surface area (Å²) in [6, 6.07) is 0.260. The molecule has 2 aliphatic carbocycles. The van der Waals surface area contributed by atoms with Crippen molar-refractivity contribution in [2.24, 2.45) is 23.7 Å². The van der Waals surface area contributed by atoms with E-state index in [9.17, 15) is 9.59 Å². The Morgan fingerprint density at radius 1 is 1.30 bits per heavy atom. The fourth-order valence-corrected chi connectivity index (χ4v) is 4.59. The Kier molecular flexibility index (Phi) is 5.35. The second kappa shape index (κ2) is 6.83. The van der Waals surface area contributed by atoms with Crippen LogP contribution >= 0.6 is 11.8 Å². The number of carboxylic acid groups (broad SMARTS) is 1. The molecule has 20 heavy (non-hydrogen) atoms. The van der Waals surface area contributed by atoms with E-state index in [2.05, 4.69) is 12.2 Å². The monoisotopic (exact) mass is 299 g/mol. The predicted octanol–water partition coefficient (Wildman–Crippen LogP) is 2.38. The Labute approximate surface area is 125 Å². The van der Waals surface area contributed by atoms with E-state index in [1.54, 1.807) is 6.92 Å². The highest BCUT2D eigenvalue weighted by atomic mass is 32.2. The molecule has 2 saturated carbocycles. The summed E-state index contributed by atoms with van der Waals surface area (Å²) >= 11 is 1.40. The lowest BCUT2D eigenvalue weighted by Gasteiger charge is -2.28. The molecule has 2 bridgehead atoms. The van der Waals surface area contributed by atoms with Crippen molar-refractivity contribution in [3.8, 4) is 0 Å². The number of amides is 1. The molecule has 5 unspecified atom stereocenters. The van der Waals surface area contributed by atoms with Gasteiger partial charge in [-0.3, -0.25) is 9.59 Å². The molecular weight excluding hydrogens is 274 g/mol. The van der Waals surface area contributed by atoms with Crippen LogP contribution in [0.5, 0.6) is 0 Å². The number of hydrogen-bond acceptors (Lipinski definition) is 3. The van der Waals surface area contributed by atoms with Crippen LogP contribution in [0.1, 0.15) is 39.5 Å². The zero-order chi connectivity index (χ0) is 14.7. The number of fused-ring (bicyclic) bond motifs is 2. The van der Waals surface area contributed by atoms with Crippen molar-refractivity contribution in [3.63, 3.8) is 0 Å². The van der Waals surface area contributed by atoms with Gasteiger partial charge in [0.05, 0.1) is 11.7 Å². The lowest BCUT2D eigenvalue weighted by molar-refractivity contribution is -0.140. The third-order valence-electron chi connectivity index (χ3n) is 4.85. The molecule has 0 radical (unpaired) electrons. The summed E-state index contributed by atoms with van der Waals surface area (Å²) in [5.41, 5.74) is 0. The van der Waals surface area contributed by atoms with Crippen LogP contribution in [0.25, 0.3) is 0 Å². The highest BCUT2D eigenvalue weighted by Crippen LogP contribution is 2.49. The quantitative estimate of drug-likeness (QED) is 0.757. The van der Waals surface area contributed by atoms with E-state index in [0.29, 0.717) is 17.4 Å². The molecule has 2 N–H and O–H groups in total. The van der Waals surface area contributed by atoms with Gasteiger partial charge in [-0.15, -0.1) is 0 Å². The van der Waals surface area contributed by atoms with Gasteiger partial charge in [0.1, 0.15) is 0 Å². The third kappa shape index (κ3) is 3.90. The molecule has 114 valence electrons. The minimum absolute atomic E-state index is 0.0443. The molecule has 1 amide bonds. The van der Waals surface area contributed by atoms with E-state index < -0.39 is 11.9 Å². The van der Waals surface area contributed by atoms with Crippen molar-refractivity contribution in [2.75, 3.05) is 11.5 Å². The van der Waals surface area contributed by atoms with Gasteiger partial charge in [-0.2, -0.15) is 11.8 Å². The van der Waals surface area contributed by atoms with Gasteiger partial charge in [-0.05, 0) is 43.9 Å². The summed E-state index contributed by atoms with van der Waals surface area (Å²) in [7, 11) is 0. The topological polar surface area (TPSA) is 66.4 Å². The highest BCUT2D eigenvalue weighted by molar-refractivity contribution is 7.99. The SMILES string of the molecule is CC(CSCC(=O)NC(C)C1CC2CCC1C2)C(=O)O. The van der Waals surface area contributed by atoms with E-state index in [1.807, 2.05) is 0 Å². The maximum Gasteiger partial charge on any atom is 0.307 e. The number of thioether (sulfide) groups is 1. The zero-order valence-corrected chi connectivity index (χ0v) is 13.1. The molecule has 0 aromatic heterocycles. The smallest absolute Gasteiger partial charge is 0.307 e. The van der Waals surface area contributed by atoms with Gasteiger partial charge in [0, 0.05) is 11.8 Å². The van der Waals surface area contributed by atoms with Crippen LogP contribution in [0.4, 0.5) is 0 Å². The molecule has 2 fully saturated rings. The molecule has 0 saturated heterocycles. The van der Waals surface area contributed by atoms with Gasteiger partial charge in [0.25, 0.3) is 0 Å². The number of nitrogens with one attached hydrogen (secondary N) is 1. The Bertz CT molecular complexity index is 374. The van der Waals surface area contributed by atoms with Gasteiger partial charge in [-0.1, -0.05) is 13.3 Å². The van der Waals surface area contributed by atoms with Crippen molar-refractivity contribution in [1.29, 1.82) is 0 Å². The first-order valence-corrected chi connectivity index (χ1v) is 8.72. The molecule has 0 heterocycles. The Morgan fingerprint density at radius 2 is 2.05 bits per heavy atom. The molecule has 0 aromatic rings. The van der Waals surface area contributed by atoms with Crippen LogP contribution in [0.2, 0.25) is 0 Å². The first kappa shape index (κ1) is 15.7. The number of aliphatic carboxylic acids is 1. The minimum atomic E-state index is -0.798. The van der Waals surface area contributed by atoms with Crippen LogP contribution in [0.3, 0.4) is 0 Å². The normalized spacial score (nSPS) is 31.0. The van der Waals surface area contributed by atoms with Crippen LogP contribution in [0, 0.1) is 23.7 Å². The minimum Gasteiger partial charge on any atom is -0.481 e. The number of carbonyl (C=O) groups is 2. The molecule has 4 nitrogen and oxygen atoms in total. The summed E-state index contributed by atoms with van der Waals surface area (Å²) in [6.07, 6.45) is 5.34. The zero-order valence-electron chi connectivity index (χ0n) is 12.3. The van der Waals surface area contributed by atoms with Gasteiger partial charge < -0.3 is 10.4 Å². The maximum absolute atomic E-state index is 11.9. The van der Waals surface area contributed by atoms with E-state index in [-0.39, 0.29) is 11.9 Å². The van der Waals surface area contributed by atoms with Crippen LogP contribution < -0.4 is 5.32 Å². The van der Waals surface area contributed by atoms with Crippen molar-refractivity contribution in [1.82, 2.24) is 5.32 Å². The fourth-order valence-electron chi connectivity index (χ4n) is 3.71. The summed E-state index contributed by atoms with van der Waals surface area (Å²) in [4.78, 5) is 22.6. The van der Waals surface area contributed by atoms with Gasteiger partial charge in [0.15, 0.2) is 0 Å². The summed E-state index contributed by atoms with van der Waals surface area (Å²) < 4.78 is 0. The lowest BCUT2D eigenvalue weighted by atomic mass is 9.84. The molecule has 2 rings (SSSR count). The summed E-state index contributed by atoms with van der Waals surface area (Å²) in [5, 5.41) is 11.9. The van der Waals surface area contributed by atoms with Gasteiger partial charge >= 0.3 is 5.97 Å². The lowest BCUT2D eigenvalue weighted by Crippen LogP contribution is -2.41. The fraction of sp³-hybridized carbons (Fsp3) is 0.867. The van der Waals surface area contributed by atoms with E-state index in [1.165, 1.54) is 37.4 Å². The van der Waals surface area contributed by atoms with Crippen LogP contribution in [-0.4, -0.2) is 34.5 Å². The number of rotatable bonds is 7. The van der Waals surface area contributed by atoms with Gasteiger partial charge in [-0.25, -0.2) is 0 Å². The molecule has 5 heteroatoms. The van der Waals surface area contributed by atoms with Crippen molar-refractivity contribution in [3.05, 3.63) is 0 Å². The van der Waals surface area contributed by atoms with E-state index in [0.717, 1.165) is 11.8 Å². The van der Waals surface area contributed by atoms with Crippen LogP contribution in [0.15, 0.2) is 0 Å². The molecule has 0 spiro atoms. The van der Waals surface area contributed by atoms with Crippen molar-refractivity contribution < 1.29 is 14.7 Å². The first-order valence-electron chi connectivity index (χ1n) is 7.57. The standard InChI is InChI=1S/C15H25NO3S/c1-9(15(18)19)7-20-8-14(17)16-10(2)13-6-11-3-4-12(13)5-11/h9-13H,3-8H2,1-2H3,(H,16,17)(H,18,19). The first-order chi connectivity index (χ1) is 9.47. The molecular formula is C15H25NO3S. The average molecular weight is 299 g/mol. The van der Waals surface area contributed by atoms with Crippen LogP contribution in [-0.2, 0) is 9.59 Å². The molecule has 5 atom stereocenters. The van der Waals surface area contributed by atoms with E-state index >= 15 is 0 Å².